The van der Waals surface area contributed by atoms with Crippen molar-refractivity contribution in [2.24, 2.45) is 0 Å². The maximum Gasteiger partial charge on any atom is 0.231 e. The molecule has 2 aromatic carbocycles. The molecule has 1 aliphatic heterocycles. The molecule has 0 amide bonds. The largest absolute Gasteiger partial charge is 0.496 e. The van der Waals surface area contributed by atoms with E-state index < -0.39 is 0 Å². The Morgan fingerprint density at radius 1 is 1.00 bits per heavy atom. The van der Waals surface area contributed by atoms with Crippen LogP contribution < -0.4 is 19.6 Å². The molecular formula is C19H12O6. The Kier molecular flexibility index (Phi) is 2.82. The van der Waals surface area contributed by atoms with Gasteiger partial charge >= 0.3 is 0 Å². The van der Waals surface area contributed by atoms with E-state index in [2.05, 4.69) is 0 Å². The molecule has 0 atom stereocenters. The summed E-state index contributed by atoms with van der Waals surface area (Å²) < 4.78 is 27.7. The van der Waals surface area contributed by atoms with Crippen LogP contribution in [-0.2, 0) is 0 Å². The van der Waals surface area contributed by atoms with E-state index in [9.17, 15) is 4.79 Å². The number of methoxy groups -OCH3 is 1. The van der Waals surface area contributed by atoms with Crippen molar-refractivity contribution < 1.29 is 23.0 Å². The van der Waals surface area contributed by atoms with E-state index >= 15 is 0 Å². The molecule has 1 aliphatic rings. The maximum absolute atomic E-state index is 12.6. The highest BCUT2D eigenvalue weighted by molar-refractivity contribution is 6.02. The second-order valence-corrected chi connectivity index (χ2v) is 5.66. The van der Waals surface area contributed by atoms with Gasteiger partial charge in [0.25, 0.3) is 0 Å². The number of rotatable bonds is 2. The van der Waals surface area contributed by atoms with Crippen molar-refractivity contribution in [3.8, 4) is 28.6 Å². The van der Waals surface area contributed by atoms with Gasteiger partial charge in [-0.15, -0.1) is 0 Å². The van der Waals surface area contributed by atoms with Crippen LogP contribution in [0.4, 0.5) is 0 Å². The number of furan rings is 1. The number of benzene rings is 2. The minimum Gasteiger partial charge on any atom is -0.496 e. The standard InChI is InChI=1S/C19H12O6/c1-21-15-8-18-17(23-9-24-18)6-12(15)16-7-13(20)10-2-3-14-11(4-5-22-14)19(10)25-16/h2-8H,9H2,1H3. The van der Waals surface area contributed by atoms with Gasteiger partial charge in [0.05, 0.1) is 29.7 Å². The van der Waals surface area contributed by atoms with Gasteiger partial charge in [-0.2, -0.15) is 0 Å². The highest BCUT2D eigenvalue weighted by Gasteiger charge is 2.21. The van der Waals surface area contributed by atoms with Crippen molar-refractivity contribution in [3.05, 3.63) is 52.9 Å². The van der Waals surface area contributed by atoms with Gasteiger partial charge in [0.2, 0.25) is 6.79 Å². The summed E-state index contributed by atoms with van der Waals surface area (Å²) in [7, 11) is 1.55. The molecule has 0 spiro atoms. The van der Waals surface area contributed by atoms with Crippen LogP contribution in [0, 0.1) is 0 Å². The van der Waals surface area contributed by atoms with Crippen LogP contribution in [0.3, 0.4) is 0 Å². The summed E-state index contributed by atoms with van der Waals surface area (Å²) in [5.41, 5.74) is 1.62. The van der Waals surface area contributed by atoms with Gasteiger partial charge < -0.3 is 23.0 Å². The van der Waals surface area contributed by atoms with Crippen LogP contribution in [0.5, 0.6) is 17.2 Å². The summed E-state index contributed by atoms with van der Waals surface area (Å²) in [6.07, 6.45) is 1.57. The lowest BCUT2D eigenvalue weighted by molar-refractivity contribution is 0.174. The maximum atomic E-state index is 12.6. The van der Waals surface area contributed by atoms with Gasteiger partial charge in [-0.1, -0.05) is 0 Å². The minimum absolute atomic E-state index is 0.140. The fraction of sp³-hybridized carbons (Fsp3) is 0.105. The zero-order valence-electron chi connectivity index (χ0n) is 13.2. The van der Waals surface area contributed by atoms with Crippen LogP contribution in [0.2, 0.25) is 0 Å². The van der Waals surface area contributed by atoms with Crippen LogP contribution >= 0.6 is 0 Å². The van der Waals surface area contributed by atoms with Gasteiger partial charge in [-0.3, -0.25) is 4.79 Å². The molecule has 0 N–H and O–H groups in total. The molecule has 3 heterocycles. The Morgan fingerprint density at radius 2 is 1.84 bits per heavy atom. The molecule has 124 valence electrons. The SMILES string of the molecule is COc1cc2c(cc1-c1cc(=O)c3ccc4occc4c3o1)OCO2. The van der Waals surface area contributed by atoms with Crippen LogP contribution in [0.1, 0.15) is 0 Å². The third-order valence-electron chi connectivity index (χ3n) is 4.29. The fourth-order valence-electron chi connectivity index (χ4n) is 3.08. The summed E-state index contributed by atoms with van der Waals surface area (Å²) in [6.45, 7) is 0.152. The average Bonchev–Trinajstić information content (AvgIpc) is 3.28. The Labute approximate surface area is 141 Å². The highest BCUT2D eigenvalue weighted by atomic mass is 16.7. The zero-order chi connectivity index (χ0) is 17.0. The first-order valence-electron chi connectivity index (χ1n) is 7.66. The Hall–Kier alpha value is -3.41. The van der Waals surface area contributed by atoms with Crippen molar-refractivity contribution in [1.29, 1.82) is 0 Å². The molecule has 0 bridgehead atoms. The van der Waals surface area contributed by atoms with Gasteiger partial charge in [0.15, 0.2) is 16.9 Å². The summed E-state index contributed by atoms with van der Waals surface area (Å²) in [5.74, 6) is 2.11. The van der Waals surface area contributed by atoms with E-state index in [-0.39, 0.29) is 12.2 Å². The van der Waals surface area contributed by atoms with E-state index in [0.717, 1.165) is 5.39 Å². The molecule has 4 aromatic rings. The lowest BCUT2D eigenvalue weighted by Gasteiger charge is -2.10. The molecule has 0 saturated heterocycles. The van der Waals surface area contributed by atoms with E-state index in [4.69, 9.17) is 23.0 Å². The molecule has 0 fully saturated rings. The van der Waals surface area contributed by atoms with Gasteiger partial charge in [-0.25, -0.2) is 0 Å². The molecule has 2 aromatic heterocycles. The molecule has 5 rings (SSSR count). The Bertz CT molecular complexity index is 1180. The average molecular weight is 336 g/mol. The first-order chi connectivity index (χ1) is 12.2. The molecule has 6 heteroatoms. The normalized spacial score (nSPS) is 12.8. The van der Waals surface area contributed by atoms with Crippen molar-refractivity contribution >= 4 is 21.9 Å². The van der Waals surface area contributed by atoms with Crippen LogP contribution in [-0.4, -0.2) is 13.9 Å². The second-order valence-electron chi connectivity index (χ2n) is 5.66. The monoisotopic (exact) mass is 336 g/mol. The third-order valence-corrected chi connectivity index (χ3v) is 4.29. The summed E-state index contributed by atoms with van der Waals surface area (Å²) in [5, 5.41) is 1.24. The van der Waals surface area contributed by atoms with Crippen LogP contribution in [0.25, 0.3) is 33.3 Å². The molecule has 0 aliphatic carbocycles. The second kappa shape index (κ2) is 5.04. The van der Waals surface area contributed by atoms with Gasteiger partial charge in [-0.05, 0) is 24.3 Å². The number of hydrogen-bond donors (Lipinski definition) is 0. The molecular weight excluding hydrogens is 324 g/mol. The fourth-order valence-corrected chi connectivity index (χ4v) is 3.08. The molecule has 0 saturated carbocycles. The highest BCUT2D eigenvalue weighted by Crippen LogP contribution is 2.42. The summed E-state index contributed by atoms with van der Waals surface area (Å²) >= 11 is 0. The first-order valence-corrected chi connectivity index (χ1v) is 7.66. The lowest BCUT2D eigenvalue weighted by atomic mass is 10.1. The van der Waals surface area contributed by atoms with Gasteiger partial charge in [0, 0.05) is 12.1 Å². The first kappa shape index (κ1) is 14.0. The minimum atomic E-state index is -0.140. The van der Waals surface area contributed by atoms with Crippen LogP contribution in [0.15, 0.2) is 56.3 Å². The topological polar surface area (TPSA) is 71.0 Å². The number of hydrogen-bond acceptors (Lipinski definition) is 6. The van der Waals surface area contributed by atoms with Crippen molar-refractivity contribution in [2.45, 2.75) is 0 Å². The third kappa shape index (κ3) is 2.00. The summed E-state index contributed by atoms with van der Waals surface area (Å²) in [4.78, 5) is 12.6. The van der Waals surface area contributed by atoms with E-state index in [1.807, 2.05) is 0 Å². The van der Waals surface area contributed by atoms with Crippen molar-refractivity contribution in [2.75, 3.05) is 13.9 Å². The smallest absolute Gasteiger partial charge is 0.231 e. The number of fused-ring (bicyclic) bond motifs is 4. The summed E-state index contributed by atoms with van der Waals surface area (Å²) in [6, 6.07) is 10.2. The van der Waals surface area contributed by atoms with Crippen molar-refractivity contribution in [3.63, 3.8) is 0 Å². The Morgan fingerprint density at radius 3 is 2.68 bits per heavy atom. The number of ether oxygens (including phenoxy) is 3. The lowest BCUT2D eigenvalue weighted by Crippen LogP contribution is -2.01. The van der Waals surface area contributed by atoms with Crippen molar-refractivity contribution in [1.82, 2.24) is 0 Å². The Balaban J connectivity index is 1.83. The zero-order valence-corrected chi connectivity index (χ0v) is 13.2. The van der Waals surface area contributed by atoms with E-state index in [1.54, 1.807) is 43.7 Å². The van der Waals surface area contributed by atoms with E-state index in [1.165, 1.54) is 6.07 Å². The molecule has 0 radical (unpaired) electrons. The molecule has 6 nitrogen and oxygen atoms in total. The van der Waals surface area contributed by atoms with Gasteiger partial charge in [0.1, 0.15) is 22.7 Å². The predicted molar refractivity (Wildman–Crippen MR) is 90.4 cm³/mol. The quantitative estimate of drug-likeness (QED) is 0.552. The molecule has 0 unspecified atom stereocenters. The molecule has 25 heavy (non-hydrogen) atoms. The predicted octanol–water partition coefficient (Wildman–Crippen LogP) is 3.94. The van der Waals surface area contributed by atoms with E-state index in [0.29, 0.717) is 45.1 Å².